The first-order valence-corrected chi connectivity index (χ1v) is 4.80. The third-order valence-electron chi connectivity index (χ3n) is 1.47. The predicted octanol–water partition coefficient (Wildman–Crippen LogP) is 3.44. The van der Waals surface area contributed by atoms with Gasteiger partial charge in [0.25, 0.3) is 0 Å². The first kappa shape index (κ1) is 14.7. The van der Waals surface area contributed by atoms with E-state index in [1.165, 1.54) is 5.56 Å². The van der Waals surface area contributed by atoms with Crippen molar-refractivity contribution in [1.82, 2.24) is 0 Å². The van der Waals surface area contributed by atoms with E-state index in [4.69, 9.17) is 5.11 Å². The molecule has 0 aliphatic heterocycles. The SMILES string of the molecule is CC.CC(C)c1ccccc1.CO. The normalized spacial score (nSPS) is 7.92. The molecule has 0 radical (unpaired) electrons. The highest BCUT2D eigenvalue weighted by atomic mass is 16.2. The van der Waals surface area contributed by atoms with Crippen LogP contribution in [0.4, 0.5) is 0 Å². The Morgan fingerprint density at radius 1 is 0.923 bits per heavy atom. The number of rotatable bonds is 1. The molecule has 0 fully saturated rings. The van der Waals surface area contributed by atoms with Crippen molar-refractivity contribution in [1.29, 1.82) is 0 Å². The van der Waals surface area contributed by atoms with Crippen LogP contribution in [0.3, 0.4) is 0 Å². The van der Waals surface area contributed by atoms with Gasteiger partial charge < -0.3 is 5.11 Å². The van der Waals surface area contributed by atoms with E-state index in [0.29, 0.717) is 5.92 Å². The van der Waals surface area contributed by atoms with Crippen LogP contribution >= 0.6 is 0 Å². The summed E-state index contributed by atoms with van der Waals surface area (Å²) in [4.78, 5) is 0. The Morgan fingerprint density at radius 2 is 1.31 bits per heavy atom. The molecule has 0 saturated heterocycles. The molecule has 0 unspecified atom stereocenters. The molecule has 0 atom stereocenters. The second-order valence-electron chi connectivity index (χ2n) is 2.57. The summed E-state index contributed by atoms with van der Waals surface area (Å²) >= 11 is 0. The predicted molar refractivity (Wildman–Crippen MR) is 60.0 cm³/mol. The van der Waals surface area contributed by atoms with E-state index in [0.717, 1.165) is 7.11 Å². The Kier molecular flexibility index (Phi) is 12.6. The van der Waals surface area contributed by atoms with E-state index in [2.05, 4.69) is 38.1 Å². The van der Waals surface area contributed by atoms with Gasteiger partial charge in [0.2, 0.25) is 0 Å². The largest absolute Gasteiger partial charge is 0.400 e. The van der Waals surface area contributed by atoms with E-state index in [1.54, 1.807) is 0 Å². The maximum Gasteiger partial charge on any atom is 0.0319 e. The first-order chi connectivity index (χ1) is 6.30. The first-order valence-electron chi connectivity index (χ1n) is 4.80. The van der Waals surface area contributed by atoms with Crippen molar-refractivity contribution >= 4 is 0 Å². The summed E-state index contributed by atoms with van der Waals surface area (Å²) in [5.41, 5.74) is 1.41. The van der Waals surface area contributed by atoms with Crippen LogP contribution in [0.5, 0.6) is 0 Å². The maximum absolute atomic E-state index is 7.00. The van der Waals surface area contributed by atoms with E-state index < -0.39 is 0 Å². The highest BCUT2D eigenvalue weighted by Gasteiger charge is 1.93. The lowest BCUT2D eigenvalue weighted by Gasteiger charge is -2.01. The summed E-state index contributed by atoms with van der Waals surface area (Å²) in [6, 6.07) is 10.5. The lowest BCUT2D eigenvalue weighted by atomic mass is 10.0. The summed E-state index contributed by atoms with van der Waals surface area (Å²) in [6.07, 6.45) is 0. The molecule has 0 saturated carbocycles. The number of aliphatic hydroxyl groups is 1. The smallest absolute Gasteiger partial charge is 0.0319 e. The van der Waals surface area contributed by atoms with Gasteiger partial charge in [0.05, 0.1) is 0 Å². The van der Waals surface area contributed by atoms with Crippen LogP contribution in [0.1, 0.15) is 39.2 Å². The van der Waals surface area contributed by atoms with Crippen molar-refractivity contribution in [2.24, 2.45) is 0 Å². The maximum atomic E-state index is 7.00. The zero-order chi connectivity index (χ0) is 10.7. The van der Waals surface area contributed by atoms with Crippen molar-refractivity contribution in [3.05, 3.63) is 35.9 Å². The second-order valence-corrected chi connectivity index (χ2v) is 2.57. The van der Waals surface area contributed by atoms with Crippen LogP contribution < -0.4 is 0 Å². The van der Waals surface area contributed by atoms with E-state index in [-0.39, 0.29) is 0 Å². The average molecular weight is 182 g/mol. The van der Waals surface area contributed by atoms with Gasteiger partial charge in [-0.25, -0.2) is 0 Å². The fourth-order valence-electron chi connectivity index (χ4n) is 0.838. The van der Waals surface area contributed by atoms with Gasteiger partial charge in [0, 0.05) is 7.11 Å². The topological polar surface area (TPSA) is 20.2 Å². The molecule has 0 aliphatic carbocycles. The quantitative estimate of drug-likeness (QED) is 0.705. The van der Waals surface area contributed by atoms with E-state index in [1.807, 2.05) is 19.9 Å². The highest BCUT2D eigenvalue weighted by Crippen LogP contribution is 2.11. The summed E-state index contributed by atoms with van der Waals surface area (Å²) in [7, 11) is 1.00. The third kappa shape index (κ3) is 7.54. The lowest BCUT2D eigenvalue weighted by molar-refractivity contribution is 0.399. The van der Waals surface area contributed by atoms with Gasteiger partial charge in [-0.1, -0.05) is 58.0 Å². The van der Waals surface area contributed by atoms with Crippen molar-refractivity contribution in [2.75, 3.05) is 7.11 Å². The minimum Gasteiger partial charge on any atom is -0.400 e. The summed E-state index contributed by atoms with van der Waals surface area (Å²) < 4.78 is 0. The van der Waals surface area contributed by atoms with Crippen LogP contribution in [0.25, 0.3) is 0 Å². The van der Waals surface area contributed by atoms with Crippen molar-refractivity contribution < 1.29 is 5.11 Å². The molecule has 0 aromatic heterocycles. The fourth-order valence-corrected chi connectivity index (χ4v) is 0.838. The molecule has 1 N–H and O–H groups in total. The van der Waals surface area contributed by atoms with Gasteiger partial charge in [0.15, 0.2) is 0 Å². The zero-order valence-corrected chi connectivity index (χ0v) is 9.41. The molecular formula is C12H22O. The Bertz CT molecular complexity index is 168. The van der Waals surface area contributed by atoms with Crippen molar-refractivity contribution in [3.8, 4) is 0 Å². The molecule has 0 aliphatic rings. The summed E-state index contributed by atoms with van der Waals surface area (Å²) in [6.45, 7) is 8.41. The second kappa shape index (κ2) is 11.2. The van der Waals surface area contributed by atoms with Gasteiger partial charge in [-0.3, -0.25) is 0 Å². The summed E-state index contributed by atoms with van der Waals surface area (Å²) in [5, 5.41) is 7.00. The standard InChI is InChI=1S/C9H12.C2H6.CH4O/c1-8(2)9-6-4-3-5-7-9;2*1-2/h3-8H,1-2H3;1-2H3;2H,1H3. The van der Waals surface area contributed by atoms with Crippen molar-refractivity contribution in [2.45, 2.75) is 33.6 Å². The number of hydrogen-bond acceptors (Lipinski definition) is 1. The van der Waals surface area contributed by atoms with Crippen molar-refractivity contribution in [3.63, 3.8) is 0 Å². The Hall–Kier alpha value is -0.820. The van der Waals surface area contributed by atoms with Crippen LogP contribution in [-0.4, -0.2) is 12.2 Å². The highest BCUT2D eigenvalue weighted by molar-refractivity contribution is 5.17. The van der Waals surface area contributed by atoms with Gasteiger partial charge in [-0.2, -0.15) is 0 Å². The molecule has 13 heavy (non-hydrogen) atoms. The molecule has 76 valence electrons. The van der Waals surface area contributed by atoms with Gasteiger partial charge >= 0.3 is 0 Å². The molecule has 0 bridgehead atoms. The molecule has 1 heteroatoms. The zero-order valence-electron chi connectivity index (χ0n) is 9.41. The monoisotopic (exact) mass is 182 g/mol. The molecule has 1 aromatic carbocycles. The Balaban J connectivity index is 0. The van der Waals surface area contributed by atoms with E-state index in [9.17, 15) is 0 Å². The number of hydrogen-bond donors (Lipinski definition) is 1. The van der Waals surface area contributed by atoms with Crippen LogP contribution in [0.2, 0.25) is 0 Å². The van der Waals surface area contributed by atoms with Gasteiger partial charge in [-0.15, -0.1) is 0 Å². The van der Waals surface area contributed by atoms with Gasteiger partial charge in [0.1, 0.15) is 0 Å². The van der Waals surface area contributed by atoms with E-state index >= 15 is 0 Å². The molecule has 0 heterocycles. The molecule has 0 spiro atoms. The minimum atomic E-state index is 0.659. The average Bonchev–Trinajstić information content (AvgIpc) is 2.25. The molecule has 1 rings (SSSR count). The molecule has 0 amide bonds. The summed E-state index contributed by atoms with van der Waals surface area (Å²) in [5.74, 6) is 0.659. The molecule has 1 nitrogen and oxygen atoms in total. The number of aliphatic hydroxyl groups excluding tert-OH is 1. The molecule has 1 aromatic rings. The van der Waals surface area contributed by atoms with Gasteiger partial charge in [-0.05, 0) is 11.5 Å². The Morgan fingerprint density at radius 3 is 1.54 bits per heavy atom. The third-order valence-corrected chi connectivity index (χ3v) is 1.47. The minimum absolute atomic E-state index is 0.659. The fraction of sp³-hybridized carbons (Fsp3) is 0.500. The Labute approximate surface area is 82.4 Å². The van der Waals surface area contributed by atoms with Crippen LogP contribution in [0, 0.1) is 0 Å². The molecular weight excluding hydrogens is 160 g/mol. The lowest BCUT2D eigenvalue weighted by Crippen LogP contribution is -1.83. The van der Waals surface area contributed by atoms with Crippen LogP contribution in [0.15, 0.2) is 30.3 Å². The van der Waals surface area contributed by atoms with Crippen LogP contribution in [-0.2, 0) is 0 Å². The number of benzene rings is 1.